The van der Waals surface area contributed by atoms with Crippen molar-refractivity contribution in [3.8, 4) is 17.1 Å². The van der Waals surface area contributed by atoms with Crippen LogP contribution in [-0.2, 0) is 4.79 Å². The van der Waals surface area contributed by atoms with E-state index in [0.717, 1.165) is 0 Å². The number of benzene rings is 2. The molecule has 0 saturated heterocycles. The molecule has 3 rings (SSSR count). The van der Waals surface area contributed by atoms with Gasteiger partial charge in [-0.2, -0.15) is 0 Å². The van der Waals surface area contributed by atoms with Gasteiger partial charge in [0.05, 0.1) is 5.56 Å². The molecule has 0 bridgehead atoms. The number of nitrogens with one attached hydrogen (secondary N) is 2. The molecule has 0 aliphatic rings. The van der Waals surface area contributed by atoms with Crippen molar-refractivity contribution in [3.05, 3.63) is 72.2 Å². The summed E-state index contributed by atoms with van der Waals surface area (Å²) in [5.41, 5.74) is 0.749. The number of furan rings is 1. The molecule has 2 aromatic carbocycles. The lowest BCUT2D eigenvalue weighted by molar-refractivity contribution is -0.122. The van der Waals surface area contributed by atoms with Gasteiger partial charge in [-0.25, -0.2) is 4.39 Å². The molecule has 138 valence electrons. The molecule has 0 aliphatic heterocycles. The van der Waals surface area contributed by atoms with E-state index in [1.165, 1.54) is 25.2 Å². The third kappa shape index (κ3) is 4.52. The lowest BCUT2D eigenvalue weighted by Crippen LogP contribution is -2.24. The standard InChI is InChI=1S/C20H17FN2O4/c1-22-19(24)12-26-14-6-4-5-13(11-14)23-20(25)18-10-9-17(27-18)15-7-2-3-8-16(15)21/h2-11H,12H2,1H3,(H,22,24)(H,23,25). The maximum Gasteiger partial charge on any atom is 0.291 e. The Balaban J connectivity index is 1.69. The van der Waals surface area contributed by atoms with E-state index < -0.39 is 11.7 Å². The number of ether oxygens (including phenoxy) is 1. The zero-order chi connectivity index (χ0) is 19.2. The molecule has 0 aliphatic carbocycles. The van der Waals surface area contributed by atoms with Gasteiger partial charge in [0.1, 0.15) is 17.3 Å². The van der Waals surface area contributed by atoms with Gasteiger partial charge in [0, 0.05) is 18.8 Å². The van der Waals surface area contributed by atoms with Crippen LogP contribution in [0.5, 0.6) is 5.75 Å². The Hall–Kier alpha value is -3.61. The lowest BCUT2D eigenvalue weighted by atomic mass is 10.1. The van der Waals surface area contributed by atoms with Gasteiger partial charge < -0.3 is 19.8 Å². The number of rotatable bonds is 6. The molecule has 0 unspecified atom stereocenters. The zero-order valence-corrected chi connectivity index (χ0v) is 14.5. The highest BCUT2D eigenvalue weighted by molar-refractivity contribution is 6.02. The van der Waals surface area contributed by atoms with Crippen molar-refractivity contribution in [2.45, 2.75) is 0 Å². The molecule has 1 aromatic heterocycles. The number of amides is 2. The fourth-order valence-electron chi connectivity index (χ4n) is 2.34. The summed E-state index contributed by atoms with van der Waals surface area (Å²) in [5.74, 6) is -0.435. The van der Waals surface area contributed by atoms with Crippen LogP contribution < -0.4 is 15.4 Å². The summed E-state index contributed by atoms with van der Waals surface area (Å²) >= 11 is 0. The van der Waals surface area contributed by atoms with Crippen molar-refractivity contribution in [1.82, 2.24) is 5.32 Å². The minimum absolute atomic E-state index is 0.0462. The summed E-state index contributed by atoms with van der Waals surface area (Å²) in [6, 6.07) is 15.8. The topological polar surface area (TPSA) is 80.6 Å². The Morgan fingerprint density at radius 2 is 1.89 bits per heavy atom. The van der Waals surface area contributed by atoms with Gasteiger partial charge in [-0.05, 0) is 36.4 Å². The first-order valence-corrected chi connectivity index (χ1v) is 8.16. The number of carbonyl (C=O) groups excluding carboxylic acids is 2. The molecule has 27 heavy (non-hydrogen) atoms. The smallest absolute Gasteiger partial charge is 0.291 e. The first-order valence-electron chi connectivity index (χ1n) is 8.16. The third-order valence-corrected chi connectivity index (χ3v) is 3.71. The van der Waals surface area contributed by atoms with E-state index >= 15 is 0 Å². The SMILES string of the molecule is CNC(=O)COc1cccc(NC(=O)c2ccc(-c3ccccc3F)o2)c1. The molecule has 3 aromatic rings. The monoisotopic (exact) mass is 368 g/mol. The minimum Gasteiger partial charge on any atom is -0.484 e. The molecule has 2 amide bonds. The molecular weight excluding hydrogens is 351 g/mol. The second-order valence-corrected chi connectivity index (χ2v) is 5.59. The predicted octanol–water partition coefficient (Wildman–Crippen LogP) is 3.46. The van der Waals surface area contributed by atoms with Crippen LogP contribution in [0.25, 0.3) is 11.3 Å². The Kier molecular flexibility index (Phi) is 5.51. The van der Waals surface area contributed by atoms with E-state index in [1.54, 1.807) is 42.5 Å². The number of hydrogen-bond acceptors (Lipinski definition) is 4. The highest BCUT2D eigenvalue weighted by Crippen LogP contribution is 2.25. The largest absolute Gasteiger partial charge is 0.484 e. The molecule has 7 heteroatoms. The molecule has 6 nitrogen and oxygen atoms in total. The Labute approximate surface area is 155 Å². The van der Waals surface area contributed by atoms with Gasteiger partial charge in [-0.1, -0.05) is 18.2 Å². The van der Waals surface area contributed by atoms with E-state index in [-0.39, 0.29) is 29.6 Å². The minimum atomic E-state index is -0.485. The van der Waals surface area contributed by atoms with E-state index in [1.807, 2.05) is 0 Å². The maximum atomic E-state index is 13.8. The summed E-state index contributed by atoms with van der Waals surface area (Å²) in [6.07, 6.45) is 0. The van der Waals surface area contributed by atoms with Gasteiger partial charge in [-0.15, -0.1) is 0 Å². The van der Waals surface area contributed by atoms with Crippen LogP contribution in [0.3, 0.4) is 0 Å². The highest BCUT2D eigenvalue weighted by Gasteiger charge is 2.14. The zero-order valence-electron chi connectivity index (χ0n) is 14.5. The van der Waals surface area contributed by atoms with Gasteiger partial charge in [0.15, 0.2) is 12.4 Å². The Bertz CT molecular complexity index is 968. The summed E-state index contributed by atoms with van der Waals surface area (Å²) in [6.45, 7) is -0.127. The summed E-state index contributed by atoms with van der Waals surface area (Å²) < 4.78 is 24.6. The molecular formula is C20H17FN2O4. The summed E-state index contributed by atoms with van der Waals surface area (Å²) in [4.78, 5) is 23.6. The third-order valence-electron chi connectivity index (χ3n) is 3.71. The number of halogens is 1. The van der Waals surface area contributed by atoms with Crippen LogP contribution in [0.15, 0.2) is 65.1 Å². The first kappa shape index (κ1) is 18.2. The molecule has 1 heterocycles. The Morgan fingerprint density at radius 3 is 2.67 bits per heavy atom. The van der Waals surface area contributed by atoms with Crippen molar-refractivity contribution >= 4 is 17.5 Å². The van der Waals surface area contributed by atoms with Gasteiger partial charge in [0.2, 0.25) is 0 Å². The van der Waals surface area contributed by atoms with Crippen molar-refractivity contribution in [2.24, 2.45) is 0 Å². The van der Waals surface area contributed by atoms with Crippen molar-refractivity contribution in [1.29, 1.82) is 0 Å². The van der Waals surface area contributed by atoms with Gasteiger partial charge in [-0.3, -0.25) is 9.59 Å². The van der Waals surface area contributed by atoms with Crippen molar-refractivity contribution < 1.29 is 23.1 Å². The average molecular weight is 368 g/mol. The molecule has 0 spiro atoms. The number of anilines is 1. The second kappa shape index (κ2) is 8.18. The van der Waals surface area contributed by atoms with Crippen LogP contribution >= 0.6 is 0 Å². The van der Waals surface area contributed by atoms with Crippen LogP contribution in [0.4, 0.5) is 10.1 Å². The summed E-state index contributed by atoms with van der Waals surface area (Å²) in [7, 11) is 1.52. The van der Waals surface area contributed by atoms with Crippen molar-refractivity contribution in [2.75, 3.05) is 19.0 Å². The average Bonchev–Trinajstić information content (AvgIpc) is 3.17. The van der Waals surface area contributed by atoms with E-state index in [9.17, 15) is 14.0 Å². The molecule has 0 radical (unpaired) electrons. The molecule has 0 saturated carbocycles. The molecule has 0 fully saturated rings. The van der Waals surface area contributed by atoms with Crippen LogP contribution in [0, 0.1) is 5.82 Å². The number of likely N-dealkylation sites (N-methyl/N-ethyl adjacent to an activating group) is 1. The van der Waals surface area contributed by atoms with E-state index in [4.69, 9.17) is 9.15 Å². The first-order chi connectivity index (χ1) is 13.1. The van der Waals surface area contributed by atoms with Crippen LogP contribution in [-0.4, -0.2) is 25.5 Å². The lowest BCUT2D eigenvalue weighted by Gasteiger charge is -2.08. The fraction of sp³-hybridized carbons (Fsp3) is 0.100. The predicted molar refractivity (Wildman–Crippen MR) is 98.1 cm³/mol. The second-order valence-electron chi connectivity index (χ2n) is 5.59. The maximum absolute atomic E-state index is 13.8. The Morgan fingerprint density at radius 1 is 1.07 bits per heavy atom. The van der Waals surface area contributed by atoms with E-state index in [0.29, 0.717) is 11.4 Å². The number of hydrogen-bond donors (Lipinski definition) is 2. The highest BCUT2D eigenvalue weighted by atomic mass is 19.1. The quantitative estimate of drug-likeness (QED) is 0.698. The normalized spacial score (nSPS) is 10.3. The van der Waals surface area contributed by atoms with Crippen LogP contribution in [0.1, 0.15) is 10.6 Å². The van der Waals surface area contributed by atoms with Crippen LogP contribution in [0.2, 0.25) is 0 Å². The summed E-state index contributed by atoms with van der Waals surface area (Å²) in [5, 5.41) is 5.12. The fourth-order valence-corrected chi connectivity index (χ4v) is 2.34. The van der Waals surface area contributed by atoms with Gasteiger partial charge in [0.25, 0.3) is 11.8 Å². The van der Waals surface area contributed by atoms with Gasteiger partial charge >= 0.3 is 0 Å². The molecule has 0 atom stereocenters. The van der Waals surface area contributed by atoms with E-state index in [2.05, 4.69) is 10.6 Å². The number of carbonyl (C=O) groups is 2. The van der Waals surface area contributed by atoms with Crippen molar-refractivity contribution in [3.63, 3.8) is 0 Å². The molecule has 2 N–H and O–H groups in total.